The van der Waals surface area contributed by atoms with Gasteiger partial charge >= 0.3 is 0 Å². The molecule has 6 heteroatoms. The summed E-state index contributed by atoms with van der Waals surface area (Å²) in [7, 11) is -1.84. The van der Waals surface area contributed by atoms with Gasteiger partial charge in [-0.2, -0.15) is 5.10 Å². The van der Waals surface area contributed by atoms with Crippen LogP contribution in [0.1, 0.15) is 30.3 Å². The van der Waals surface area contributed by atoms with Crippen LogP contribution in [0.4, 0.5) is 5.69 Å². The van der Waals surface area contributed by atoms with E-state index in [-0.39, 0.29) is 6.04 Å². The largest absolute Gasteiger partial charge is 0.271 e. The molecule has 3 rings (SSSR count). The number of para-hydroxylation sites is 1. The summed E-state index contributed by atoms with van der Waals surface area (Å²) >= 11 is 0. The zero-order valence-corrected chi connectivity index (χ0v) is 14.2. The van der Waals surface area contributed by atoms with Gasteiger partial charge in [0.15, 0.2) is 0 Å². The minimum Gasteiger partial charge on any atom is -0.271 e. The standard InChI is InChI=1S/C16H21N3O2S/c1-11-9-10-14-7-5-6-8-15(14)19(11)22(20,21)16-12(2)17-18(4)13(16)3/h5-8,11H,9-10H2,1-4H3/t11-/m0/s1. The highest BCUT2D eigenvalue weighted by molar-refractivity contribution is 7.93. The van der Waals surface area contributed by atoms with Gasteiger partial charge in [0, 0.05) is 13.1 Å². The summed E-state index contributed by atoms with van der Waals surface area (Å²) < 4.78 is 29.8. The van der Waals surface area contributed by atoms with Crippen molar-refractivity contribution in [3.05, 3.63) is 41.2 Å². The second kappa shape index (κ2) is 5.12. The van der Waals surface area contributed by atoms with Crippen LogP contribution in [0.15, 0.2) is 29.2 Å². The molecule has 1 atom stereocenters. The molecule has 0 radical (unpaired) electrons. The third-order valence-electron chi connectivity index (χ3n) is 4.42. The van der Waals surface area contributed by atoms with Gasteiger partial charge in [-0.25, -0.2) is 8.42 Å². The van der Waals surface area contributed by atoms with Crippen LogP contribution < -0.4 is 4.31 Å². The van der Waals surface area contributed by atoms with Crippen LogP contribution in [0.2, 0.25) is 0 Å². The van der Waals surface area contributed by atoms with Gasteiger partial charge in [-0.05, 0) is 45.2 Å². The van der Waals surface area contributed by atoms with E-state index in [2.05, 4.69) is 5.10 Å². The summed E-state index contributed by atoms with van der Waals surface area (Å²) in [5, 5.41) is 4.26. The van der Waals surface area contributed by atoms with Gasteiger partial charge in [-0.3, -0.25) is 8.99 Å². The smallest absolute Gasteiger partial charge is 0.268 e. The predicted molar refractivity (Wildman–Crippen MR) is 86.6 cm³/mol. The Morgan fingerprint density at radius 3 is 2.55 bits per heavy atom. The molecule has 0 fully saturated rings. The third-order valence-corrected chi connectivity index (χ3v) is 6.60. The molecule has 0 N–H and O–H groups in total. The van der Waals surface area contributed by atoms with E-state index in [1.54, 1.807) is 29.9 Å². The van der Waals surface area contributed by atoms with Crippen LogP contribution in [0, 0.1) is 13.8 Å². The molecule has 0 saturated carbocycles. The quantitative estimate of drug-likeness (QED) is 0.855. The fraction of sp³-hybridized carbons (Fsp3) is 0.438. The van der Waals surface area contributed by atoms with Gasteiger partial charge in [0.05, 0.1) is 17.1 Å². The first-order valence-corrected chi connectivity index (χ1v) is 8.90. The van der Waals surface area contributed by atoms with E-state index in [0.29, 0.717) is 16.3 Å². The van der Waals surface area contributed by atoms with E-state index >= 15 is 0 Å². The van der Waals surface area contributed by atoms with E-state index < -0.39 is 10.0 Å². The normalized spacial score (nSPS) is 18.4. The topological polar surface area (TPSA) is 55.2 Å². The molecule has 1 aliphatic heterocycles. The summed E-state index contributed by atoms with van der Waals surface area (Å²) in [6, 6.07) is 7.69. The minimum atomic E-state index is -3.62. The number of aryl methyl sites for hydroxylation is 3. The van der Waals surface area contributed by atoms with Crippen molar-refractivity contribution in [2.45, 2.75) is 44.6 Å². The number of hydrogen-bond acceptors (Lipinski definition) is 3. The summed E-state index contributed by atoms with van der Waals surface area (Å²) in [4.78, 5) is 0.332. The number of anilines is 1. The van der Waals surface area contributed by atoms with Crippen molar-refractivity contribution < 1.29 is 8.42 Å². The highest BCUT2D eigenvalue weighted by atomic mass is 32.2. The lowest BCUT2D eigenvalue weighted by Gasteiger charge is -2.36. The van der Waals surface area contributed by atoms with Crippen molar-refractivity contribution in [1.29, 1.82) is 0 Å². The molecule has 22 heavy (non-hydrogen) atoms. The minimum absolute atomic E-state index is 0.0566. The number of hydrogen-bond donors (Lipinski definition) is 0. The molecular weight excluding hydrogens is 298 g/mol. The number of benzene rings is 1. The molecule has 118 valence electrons. The highest BCUT2D eigenvalue weighted by Gasteiger charge is 2.36. The molecule has 0 unspecified atom stereocenters. The third kappa shape index (κ3) is 2.13. The van der Waals surface area contributed by atoms with Gasteiger partial charge in [-0.1, -0.05) is 18.2 Å². The number of rotatable bonds is 2. The molecule has 5 nitrogen and oxygen atoms in total. The molecule has 0 saturated heterocycles. The van der Waals surface area contributed by atoms with E-state index in [1.165, 1.54) is 0 Å². The fourth-order valence-electron chi connectivity index (χ4n) is 3.25. The Balaban J connectivity index is 2.21. The van der Waals surface area contributed by atoms with Gasteiger partial charge in [0.1, 0.15) is 4.90 Å². The predicted octanol–water partition coefficient (Wildman–Crippen LogP) is 2.57. The van der Waals surface area contributed by atoms with Gasteiger partial charge in [0.2, 0.25) is 0 Å². The molecule has 1 aromatic carbocycles. The Hall–Kier alpha value is -1.82. The Labute approximate surface area is 131 Å². The Bertz CT molecular complexity index is 824. The summed E-state index contributed by atoms with van der Waals surface area (Å²) in [6.45, 7) is 5.52. The molecule has 0 aliphatic carbocycles. The number of sulfonamides is 1. The monoisotopic (exact) mass is 319 g/mol. The average molecular weight is 319 g/mol. The second-order valence-electron chi connectivity index (χ2n) is 5.94. The van der Waals surface area contributed by atoms with Crippen molar-refractivity contribution in [1.82, 2.24) is 9.78 Å². The molecule has 2 heterocycles. The van der Waals surface area contributed by atoms with Crippen LogP contribution in [0.25, 0.3) is 0 Å². The maximum atomic E-state index is 13.3. The molecule has 1 aromatic heterocycles. The van der Waals surface area contributed by atoms with Gasteiger partial charge in [0.25, 0.3) is 10.0 Å². The first-order chi connectivity index (χ1) is 10.3. The number of fused-ring (bicyclic) bond motifs is 1. The number of nitrogens with zero attached hydrogens (tertiary/aromatic N) is 3. The molecule has 0 bridgehead atoms. The zero-order valence-electron chi connectivity index (χ0n) is 13.4. The van der Waals surface area contributed by atoms with Crippen molar-refractivity contribution in [2.75, 3.05) is 4.31 Å². The maximum Gasteiger partial charge on any atom is 0.268 e. The van der Waals surface area contributed by atoms with Crippen molar-refractivity contribution >= 4 is 15.7 Å². The van der Waals surface area contributed by atoms with E-state index in [1.807, 2.05) is 31.2 Å². The van der Waals surface area contributed by atoms with E-state index in [4.69, 9.17) is 0 Å². The molecule has 2 aromatic rings. The first-order valence-electron chi connectivity index (χ1n) is 7.46. The molecule has 0 spiro atoms. The lowest BCUT2D eigenvalue weighted by Crippen LogP contribution is -2.42. The zero-order chi connectivity index (χ0) is 16.1. The Morgan fingerprint density at radius 2 is 1.91 bits per heavy atom. The number of aromatic nitrogens is 2. The average Bonchev–Trinajstić information content (AvgIpc) is 2.72. The first kappa shape index (κ1) is 15.1. The van der Waals surface area contributed by atoms with Crippen LogP contribution in [0.5, 0.6) is 0 Å². The van der Waals surface area contributed by atoms with Crippen LogP contribution >= 0.6 is 0 Å². The highest BCUT2D eigenvalue weighted by Crippen LogP contribution is 2.36. The van der Waals surface area contributed by atoms with Gasteiger partial charge in [-0.15, -0.1) is 0 Å². The molecular formula is C16H21N3O2S. The second-order valence-corrected chi connectivity index (χ2v) is 7.69. The van der Waals surface area contributed by atoms with Gasteiger partial charge < -0.3 is 0 Å². The summed E-state index contributed by atoms with van der Waals surface area (Å²) in [5.74, 6) is 0. The lowest BCUT2D eigenvalue weighted by molar-refractivity contribution is 0.562. The summed E-state index contributed by atoms with van der Waals surface area (Å²) in [6.07, 6.45) is 1.74. The van der Waals surface area contributed by atoms with E-state index in [9.17, 15) is 8.42 Å². The lowest BCUT2D eigenvalue weighted by atomic mass is 9.99. The van der Waals surface area contributed by atoms with Crippen LogP contribution in [-0.2, 0) is 23.5 Å². The fourth-order valence-corrected chi connectivity index (χ4v) is 5.38. The van der Waals surface area contributed by atoms with Crippen molar-refractivity contribution in [3.8, 4) is 0 Å². The molecule has 1 aliphatic rings. The maximum absolute atomic E-state index is 13.3. The van der Waals surface area contributed by atoms with Crippen LogP contribution in [-0.4, -0.2) is 24.2 Å². The Morgan fingerprint density at radius 1 is 1.23 bits per heavy atom. The van der Waals surface area contributed by atoms with E-state index in [0.717, 1.165) is 24.1 Å². The van der Waals surface area contributed by atoms with Crippen molar-refractivity contribution in [3.63, 3.8) is 0 Å². The SMILES string of the molecule is Cc1nn(C)c(C)c1S(=O)(=O)N1c2ccccc2CC[C@@H]1C. The Kier molecular flexibility index (Phi) is 3.51. The molecule has 0 amide bonds. The van der Waals surface area contributed by atoms with Crippen LogP contribution in [0.3, 0.4) is 0 Å². The van der Waals surface area contributed by atoms with Crippen molar-refractivity contribution in [2.24, 2.45) is 7.05 Å². The summed E-state index contributed by atoms with van der Waals surface area (Å²) in [5.41, 5.74) is 3.11.